The summed E-state index contributed by atoms with van der Waals surface area (Å²) >= 11 is 0. The molecule has 0 amide bonds. The molecule has 1 atom stereocenters. The van der Waals surface area contributed by atoms with Gasteiger partial charge in [0.25, 0.3) is 0 Å². The summed E-state index contributed by atoms with van der Waals surface area (Å²) in [5, 5.41) is 3.08. The van der Waals surface area contributed by atoms with Crippen molar-refractivity contribution in [2.24, 2.45) is 0 Å². The van der Waals surface area contributed by atoms with E-state index in [1.54, 1.807) is 0 Å². The predicted molar refractivity (Wildman–Crippen MR) is 22.1 cm³/mol. The minimum atomic E-state index is 0.185. The second kappa shape index (κ2) is 1.41. The molecule has 1 heterocycles. The smallest absolute Gasteiger partial charge is 0.0280 e. The zero-order valence-electron chi connectivity index (χ0n) is 4.20. The van der Waals surface area contributed by atoms with Crippen LogP contribution in [0.4, 0.5) is 0 Å². The second-order valence-corrected chi connectivity index (χ2v) is 1.28. The van der Waals surface area contributed by atoms with Gasteiger partial charge in [0.15, 0.2) is 0 Å². The SMILES string of the molecule is [2H][C@@H]1CCNC1. The minimum absolute atomic E-state index is 0.185. The highest BCUT2D eigenvalue weighted by molar-refractivity contribution is 4.55. The van der Waals surface area contributed by atoms with Crippen LogP contribution in [0, 0.1) is 0 Å². The summed E-state index contributed by atoms with van der Waals surface area (Å²) in [5.41, 5.74) is 0. The summed E-state index contributed by atoms with van der Waals surface area (Å²) in [6, 6.07) is 0. The zero-order chi connectivity index (χ0) is 4.41. The van der Waals surface area contributed by atoms with Crippen LogP contribution in [0.25, 0.3) is 0 Å². The standard InChI is InChI=1S/C4H9N/c1-2-4-5-3-1/h5H,1-4H2/i1D/t1-/m1/s1. The number of hydrogen-bond acceptors (Lipinski definition) is 1. The van der Waals surface area contributed by atoms with Gasteiger partial charge >= 0.3 is 0 Å². The molecule has 1 aliphatic rings. The molecule has 30 valence electrons. The first-order valence-electron chi connectivity index (χ1n) is 2.60. The second-order valence-electron chi connectivity index (χ2n) is 1.28. The summed E-state index contributed by atoms with van der Waals surface area (Å²) in [6.45, 7) is 1.95. The molecule has 1 fully saturated rings. The molecule has 0 spiro atoms. The van der Waals surface area contributed by atoms with Crippen molar-refractivity contribution in [3.8, 4) is 0 Å². The van der Waals surface area contributed by atoms with Gasteiger partial charge in [-0.1, -0.05) is 0 Å². The first-order valence-corrected chi connectivity index (χ1v) is 2.02. The maximum atomic E-state index is 7.07. The van der Waals surface area contributed by atoms with Gasteiger partial charge in [0.2, 0.25) is 0 Å². The maximum absolute atomic E-state index is 7.07. The van der Waals surface area contributed by atoms with Crippen LogP contribution in [0.1, 0.15) is 14.2 Å². The van der Waals surface area contributed by atoms with Crippen molar-refractivity contribution in [2.45, 2.75) is 12.8 Å². The maximum Gasteiger partial charge on any atom is 0.0280 e. The molecule has 1 N–H and O–H groups in total. The molecule has 5 heavy (non-hydrogen) atoms. The largest absolute Gasteiger partial charge is 0.317 e. The molecule has 1 saturated heterocycles. The van der Waals surface area contributed by atoms with Gasteiger partial charge in [0.05, 0.1) is 0 Å². The molecule has 0 saturated carbocycles. The summed E-state index contributed by atoms with van der Waals surface area (Å²) < 4.78 is 7.07. The highest BCUT2D eigenvalue weighted by Crippen LogP contribution is 1.90. The van der Waals surface area contributed by atoms with Gasteiger partial charge in [0, 0.05) is 1.37 Å². The zero-order valence-corrected chi connectivity index (χ0v) is 3.20. The van der Waals surface area contributed by atoms with Gasteiger partial charge < -0.3 is 5.32 Å². The van der Waals surface area contributed by atoms with Crippen molar-refractivity contribution in [1.29, 1.82) is 0 Å². The lowest BCUT2D eigenvalue weighted by Crippen LogP contribution is -2.03. The third-order valence-electron chi connectivity index (χ3n) is 0.814. The lowest BCUT2D eigenvalue weighted by Gasteiger charge is -1.76. The Morgan fingerprint density at radius 1 is 1.60 bits per heavy atom. The molecular weight excluding hydrogens is 62.1 g/mol. The van der Waals surface area contributed by atoms with Crippen LogP contribution >= 0.6 is 0 Å². The lowest BCUT2D eigenvalue weighted by atomic mass is 10.4. The molecule has 0 unspecified atom stereocenters. The van der Waals surface area contributed by atoms with Crippen molar-refractivity contribution in [2.75, 3.05) is 13.1 Å². The average Bonchev–Trinajstić information content (AvgIpc) is 1.86. The highest BCUT2D eigenvalue weighted by atomic mass is 14.9. The minimum Gasteiger partial charge on any atom is -0.317 e. The molecule has 1 heteroatoms. The van der Waals surface area contributed by atoms with Crippen molar-refractivity contribution < 1.29 is 1.37 Å². The number of hydrogen-bond donors (Lipinski definition) is 1. The van der Waals surface area contributed by atoms with E-state index in [0.717, 1.165) is 19.5 Å². The fourth-order valence-electron chi connectivity index (χ4n) is 0.510. The van der Waals surface area contributed by atoms with Crippen molar-refractivity contribution >= 4 is 0 Å². The molecule has 0 aromatic rings. The van der Waals surface area contributed by atoms with Gasteiger partial charge in [-0.25, -0.2) is 0 Å². The Bertz CT molecular complexity index is 40.8. The van der Waals surface area contributed by atoms with E-state index in [4.69, 9.17) is 1.37 Å². The first kappa shape index (κ1) is 2.19. The Morgan fingerprint density at radius 3 is 2.80 bits per heavy atom. The predicted octanol–water partition coefficient (Wildman–Crippen LogP) is 0.370. The van der Waals surface area contributed by atoms with Gasteiger partial charge in [-0.05, 0) is 25.9 Å². The molecule has 1 aliphatic heterocycles. The van der Waals surface area contributed by atoms with Crippen LogP contribution in [0.3, 0.4) is 0 Å². The molecule has 0 aromatic carbocycles. The number of nitrogens with one attached hydrogen (secondary N) is 1. The van der Waals surface area contributed by atoms with Gasteiger partial charge in [-0.2, -0.15) is 0 Å². The normalized spacial score (nSPS) is 41.6. The Kier molecular flexibility index (Phi) is 0.618. The third-order valence-corrected chi connectivity index (χ3v) is 0.814. The quantitative estimate of drug-likeness (QED) is 0.436. The van der Waals surface area contributed by atoms with E-state index in [9.17, 15) is 0 Å². The Morgan fingerprint density at radius 2 is 2.60 bits per heavy atom. The molecule has 0 bridgehead atoms. The molecule has 1 nitrogen and oxygen atoms in total. The van der Waals surface area contributed by atoms with Gasteiger partial charge in [0.1, 0.15) is 0 Å². The molecule has 0 radical (unpaired) electrons. The lowest BCUT2D eigenvalue weighted by molar-refractivity contribution is 0.857. The Hall–Kier alpha value is -0.0400. The first-order chi connectivity index (χ1) is 2.89. The Labute approximate surface area is 33.8 Å². The average molecular weight is 72.1 g/mol. The monoisotopic (exact) mass is 72.1 g/mol. The van der Waals surface area contributed by atoms with Crippen LogP contribution in [-0.2, 0) is 0 Å². The summed E-state index contributed by atoms with van der Waals surface area (Å²) in [5.74, 6) is 0. The molecular formula is C4H9N. The van der Waals surface area contributed by atoms with E-state index >= 15 is 0 Å². The van der Waals surface area contributed by atoms with E-state index in [2.05, 4.69) is 5.32 Å². The van der Waals surface area contributed by atoms with E-state index < -0.39 is 0 Å². The van der Waals surface area contributed by atoms with Crippen molar-refractivity contribution in [1.82, 2.24) is 5.32 Å². The van der Waals surface area contributed by atoms with E-state index in [0.29, 0.717) is 0 Å². The van der Waals surface area contributed by atoms with Gasteiger partial charge in [-0.15, -0.1) is 0 Å². The van der Waals surface area contributed by atoms with Gasteiger partial charge in [-0.3, -0.25) is 0 Å². The summed E-state index contributed by atoms with van der Waals surface area (Å²) in [4.78, 5) is 0. The third kappa shape index (κ3) is 0.618. The van der Waals surface area contributed by atoms with E-state index in [-0.39, 0.29) is 6.40 Å². The number of rotatable bonds is 0. The van der Waals surface area contributed by atoms with Crippen LogP contribution in [-0.4, -0.2) is 13.1 Å². The van der Waals surface area contributed by atoms with Crippen molar-refractivity contribution in [3.05, 3.63) is 0 Å². The van der Waals surface area contributed by atoms with Crippen LogP contribution in [0.5, 0.6) is 0 Å². The fourth-order valence-corrected chi connectivity index (χ4v) is 0.510. The summed E-state index contributed by atoms with van der Waals surface area (Å²) in [6.07, 6.45) is 1.23. The van der Waals surface area contributed by atoms with E-state index in [1.165, 1.54) is 0 Å². The molecule has 1 rings (SSSR count). The Balaban J connectivity index is 2.18. The van der Waals surface area contributed by atoms with Crippen LogP contribution in [0.2, 0.25) is 0 Å². The molecule has 0 aromatic heterocycles. The highest BCUT2D eigenvalue weighted by Gasteiger charge is 1.93. The topological polar surface area (TPSA) is 12.0 Å². The fraction of sp³-hybridized carbons (Fsp3) is 1.00. The molecule has 0 aliphatic carbocycles. The van der Waals surface area contributed by atoms with Crippen molar-refractivity contribution in [3.63, 3.8) is 0 Å². The van der Waals surface area contributed by atoms with Crippen LogP contribution < -0.4 is 5.32 Å². The van der Waals surface area contributed by atoms with E-state index in [1.807, 2.05) is 0 Å². The van der Waals surface area contributed by atoms with Crippen LogP contribution in [0.15, 0.2) is 0 Å². The summed E-state index contributed by atoms with van der Waals surface area (Å²) in [7, 11) is 0.